The lowest BCUT2D eigenvalue weighted by molar-refractivity contribution is 0.500. The molecule has 0 fully saturated rings. The van der Waals surface area contributed by atoms with Gasteiger partial charge in [-0.1, -0.05) is 44.2 Å². The molecule has 1 rings (SSSR count). The molecule has 0 saturated heterocycles. The zero-order valence-electron chi connectivity index (χ0n) is 13.1. The van der Waals surface area contributed by atoms with E-state index in [2.05, 4.69) is 57.8 Å². The third kappa shape index (κ3) is 5.61. The van der Waals surface area contributed by atoms with E-state index >= 15 is 0 Å². The zero-order chi connectivity index (χ0) is 14.3. The Balaban J connectivity index is 2.69. The van der Waals surface area contributed by atoms with Crippen LogP contribution in [0.4, 0.5) is 0 Å². The van der Waals surface area contributed by atoms with Crippen molar-refractivity contribution < 1.29 is 0 Å². The number of nitrogens with one attached hydrogen (secondary N) is 1. The SMILES string of the molecule is C=C(CC)CC(Cc1ccc(C)c(C)c1)NCCC. The number of rotatable bonds is 8. The van der Waals surface area contributed by atoms with Gasteiger partial charge in [0.05, 0.1) is 0 Å². The second-order valence-corrected chi connectivity index (χ2v) is 5.58. The lowest BCUT2D eigenvalue weighted by Crippen LogP contribution is -2.32. The summed E-state index contributed by atoms with van der Waals surface area (Å²) in [4.78, 5) is 0. The number of hydrogen-bond acceptors (Lipinski definition) is 1. The van der Waals surface area contributed by atoms with E-state index in [4.69, 9.17) is 0 Å². The molecule has 19 heavy (non-hydrogen) atoms. The van der Waals surface area contributed by atoms with Crippen molar-refractivity contribution in [2.24, 2.45) is 0 Å². The van der Waals surface area contributed by atoms with Crippen LogP contribution >= 0.6 is 0 Å². The number of hydrogen-bond donors (Lipinski definition) is 1. The molecule has 0 amide bonds. The summed E-state index contributed by atoms with van der Waals surface area (Å²) < 4.78 is 0. The fourth-order valence-corrected chi connectivity index (χ4v) is 2.27. The molecule has 0 aliphatic carbocycles. The predicted molar refractivity (Wildman–Crippen MR) is 85.7 cm³/mol. The third-order valence-electron chi connectivity index (χ3n) is 3.77. The average molecular weight is 259 g/mol. The fraction of sp³-hybridized carbons (Fsp3) is 0.556. The van der Waals surface area contributed by atoms with Crippen molar-refractivity contribution in [1.29, 1.82) is 0 Å². The van der Waals surface area contributed by atoms with Crippen LogP contribution in [0.5, 0.6) is 0 Å². The molecule has 0 radical (unpaired) electrons. The van der Waals surface area contributed by atoms with Gasteiger partial charge in [-0.25, -0.2) is 0 Å². The number of aryl methyl sites for hydroxylation is 2. The van der Waals surface area contributed by atoms with Crippen LogP contribution in [0.15, 0.2) is 30.4 Å². The van der Waals surface area contributed by atoms with Crippen LogP contribution in [0.1, 0.15) is 49.8 Å². The van der Waals surface area contributed by atoms with Crippen molar-refractivity contribution in [3.05, 3.63) is 47.0 Å². The fourth-order valence-electron chi connectivity index (χ4n) is 2.27. The van der Waals surface area contributed by atoms with Gasteiger partial charge in [0, 0.05) is 6.04 Å². The molecular formula is C18H29N. The molecule has 0 saturated carbocycles. The molecule has 0 aliphatic heterocycles. The van der Waals surface area contributed by atoms with Gasteiger partial charge >= 0.3 is 0 Å². The summed E-state index contributed by atoms with van der Waals surface area (Å²) in [7, 11) is 0. The first kappa shape index (κ1) is 16.0. The third-order valence-corrected chi connectivity index (χ3v) is 3.77. The maximum absolute atomic E-state index is 4.15. The highest BCUT2D eigenvalue weighted by Gasteiger charge is 2.10. The highest BCUT2D eigenvalue weighted by molar-refractivity contribution is 5.30. The van der Waals surface area contributed by atoms with Crippen LogP contribution < -0.4 is 5.32 Å². The van der Waals surface area contributed by atoms with Crippen LogP contribution in [0, 0.1) is 13.8 Å². The Morgan fingerprint density at radius 1 is 1.21 bits per heavy atom. The molecule has 106 valence electrons. The first-order valence-corrected chi connectivity index (χ1v) is 7.53. The summed E-state index contributed by atoms with van der Waals surface area (Å²) in [5.74, 6) is 0. The van der Waals surface area contributed by atoms with Crippen molar-refractivity contribution in [2.45, 2.75) is 59.4 Å². The van der Waals surface area contributed by atoms with E-state index < -0.39 is 0 Å². The molecule has 0 spiro atoms. The van der Waals surface area contributed by atoms with E-state index in [9.17, 15) is 0 Å². The predicted octanol–water partition coefficient (Wildman–Crippen LogP) is 4.57. The van der Waals surface area contributed by atoms with E-state index in [1.165, 1.54) is 28.7 Å². The van der Waals surface area contributed by atoms with Gasteiger partial charge in [-0.3, -0.25) is 0 Å². The standard InChI is InChI=1S/C18H29N/c1-6-10-19-18(11-14(3)7-2)13-17-9-8-15(4)16(5)12-17/h8-9,12,18-19H,3,6-7,10-11,13H2,1-2,4-5H3. The minimum atomic E-state index is 0.523. The van der Waals surface area contributed by atoms with Gasteiger partial charge in [0.15, 0.2) is 0 Å². The van der Waals surface area contributed by atoms with Gasteiger partial charge in [-0.2, -0.15) is 0 Å². The lowest BCUT2D eigenvalue weighted by Gasteiger charge is -2.20. The molecule has 0 aromatic heterocycles. The highest BCUT2D eigenvalue weighted by Crippen LogP contribution is 2.15. The molecule has 0 aliphatic rings. The Morgan fingerprint density at radius 2 is 1.95 bits per heavy atom. The van der Waals surface area contributed by atoms with Crippen molar-refractivity contribution in [3.8, 4) is 0 Å². The molecule has 0 heterocycles. The first-order chi connectivity index (χ1) is 9.06. The monoisotopic (exact) mass is 259 g/mol. The molecule has 1 aromatic carbocycles. The van der Waals surface area contributed by atoms with Gasteiger partial charge in [-0.15, -0.1) is 0 Å². The van der Waals surface area contributed by atoms with Gasteiger partial charge in [-0.05, 0) is 62.8 Å². The Kier molecular flexibility index (Phi) is 6.86. The van der Waals surface area contributed by atoms with Crippen molar-refractivity contribution in [1.82, 2.24) is 5.32 Å². The summed E-state index contributed by atoms with van der Waals surface area (Å²) in [6.07, 6.45) is 4.45. The smallest absolute Gasteiger partial charge is 0.0144 e. The van der Waals surface area contributed by atoms with Crippen molar-refractivity contribution in [3.63, 3.8) is 0 Å². The lowest BCUT2D eigenvalue weighted by atomic mass is 9.96. The van der Waals surface area contributed by atoms with E-state index in [-0.39, 0.29) is 0 Å². The van der Waals surface area contributed by atoms with Crippen LogP contribution in [0.2, 0.25) is 0 Å². The summed E-state index contributed by atoms with van der Waals surface area (Å²) in [6.45, 7) is 14.0. The van der Waals surface area contributed by atoms with E-state index in [1.54, 1.807) is 0 Å². The second kappa shape index (κ2) is 8.16. The molecule has 1 heteroatoms. The zero-order valence-corrected chi connectivity index (χ0v) is 13.1. The Bertz CT molecular complexity index is 406. The summed E-state index contributed by atoms with van der Waals surface area (Å²) >= 11 is 0. The van der Waals surface area contributed by atoms with Crippen LogP contribution in [-0.4, -0.2) is 12.6 Å². The minimum Gasteiger partial charge on any atom is -0.313 e. The Hall–Kier alpha value is -1.08. The molecule has 1 nitrogen and oxygen atoms in total. The molecule has 1 unspecified atom stereocenters. The first-order valence-electron chi connectivity index (χ1n) is 7.53. The summed E-state index contributed by atoms with van der Waals surface area (Å²) in [5.41, 5.74) is 5.54. The molecular weight excluding hydrogens is 230 g/mol. The maximum Gasteiger partial charge on any atom is 0.0144 e. The Morgan fingerprint density at radius 3 is 2.53 bits per heavy atom. The Labute approximate surface area is 119 Å². The average Bonchev–Trinajstić information content (AvgIpc) is 2.40. The molecule has 1 atom stereocenters. The second-order valence-electron chi connectivity index (χ2n) is 5.58. The largest absolute Gasteiger partial charge is 0.313 e. The van der Waals surface area contributed by atoms with E-state index in [0.29, 0.717) is 6.04 Å². The maximum atomic E-state index is 4.15. The van der Waals surface area contributed by atoms with Gasteiger partial charge in [0.2, 0.25) is 0 Å². The molecule has 1 N–H and O–H groups in total. The van der Waals surface area contributed by atoms with E-state index in [1.807, 2.05) is 0 Å². The number of benzene rings is 1. The summed E-state index contributed by atoms with van der Waals surface area (Å²) in [5, 5.41) is 3.66. The van der Waals surface area contributed by atoms with Crippen LogP contribution in [-0.2, 0) is 6.42 Å². The van der Waals surface area contributed by atoms with Crippen LogP contribution in [0.25, 0.3) is 0 Å². The highest BCUT2D eigenvalue weighted by atomic mass is 14.9. The van der Waals surface area contributed by atoms with Crippen molar-refractivity contribution in [2.75, 3.05) is 6.54 Å². The van der Waals surface area contributed by atoms with Gasteiger partial charge in [0.25, 0.3) is 0 Å². The van der Waals surface area contributed by atoms with E-state index in [0.717, 1.165) is 25.8 Å². The summed E-state index contributed by atoms with van der Waals surface area (Å²) in [6, 6.07) is 7.34. The van der Waals surface area contributed by atoms with Gasteiger partial charge in [0.1, 0.15) is 0 Å². The molecule has 1 aromatic rings. The topological polar surface area (TPSA) is 12.0 Å². The van der Waals surface area contributed by atoms with Crippen molar-refractivity contribution >= 4 is 0 Å². The molecule has 0 bridgehead atoms. The van der Waals surface area contributed by atoms with Gasteiger partial charge < -0.3 is 5.32 Å². The minimum absolute atomic E-state index is 0.523. The van der Waals surface area contributed by atoms with Crippen LogP contribution in [0.3, 0.4) is 0 Å². The quantitative estimate of drug-likeness (QED) is 0.674. The normalized spacial score (nSPS) is 12.4.